The predicted octanol–water partition coefficient (Wildman–Crippen LogP) is 3.37. The average molecular weight is 340 g/mol. The molecule has 130 valence electrons. The zero-order valence-corrected chi connectivity index (χ0v) is 14.4. The highest BCUT2D eigenvalue weighted by Gasteiger charge is 2.31. The number of ether oxygens (including phenoxy) is 1. The molecule has 25 heavy (non-hydrogen) atoms. The number of hydrogen-bond donors (Lipinski definition) is 2. The van der Waals surface area contributed by atoms with Crippen LogP contribution in [0.3, 0.4) is 0 Å². The third-order valence-electron chi connectivity index (χ3n) is 3.66. The molecule has 1 aliphatic rings. The van der Waals surface area contributed by atoms with E-state index in [0.29, 0.717) is 11.4 Å². The minimum atomic E-state index is -0.591. The van der Waals surface area contributed by atoms with Crippen molar-refractivity contribution in [3.8, 4) is 0 Å². The summed E-state index contributed by atoms with van der Waals surface area (Å²) in [7, 11) is 0. The van der Waals surface area contributed by atoms with Crippen molar-refractivity contribution < 1.29 is 14.3 Å². The van der Waals surface area contributed by atoms with Crippen molar-refractivity contribution in [1.29, 1.82) is 0 Å². The van der Waals surface area contributed by atoms with E-state index in [1.165, 1.54) is 6.33 Å². The number of nitrogens with zero attached hydrogens (tertiary/aromatic N) is 2. The summed E-state index contributed by atoms with van der Waals surface area (Å²) >= 11 is 0. The van der Waals surface area contributed by atoms with Crippen LogP contribution in [0, 0.1) is 0 Å². The largest absolute Gasteiger partial charge is 0.444 e. The normalized spacial score (nSPS) is 16.3. The smallest absolute Gasteiger partial charge is 0.408 e. The summed E-state index contributed by atoms with van der Waals surface area (Å²) in [6, 6.07) is 6.77. The van der Waals surface area contributed by atoms with Crippen molar-refractivity contribution in [2.45, 2.75) is 38.8 Å². The van der Waals surface area contributed by atoms with Gasteiger partial charge in [0.15, 0.2) is 5.78 Å². The Morgan fingerprint density at radius 3 is 2.76 bits per heavy atom. The van der Waals surface area contributed by atoms with Crippen molar-refractivity contribution in [1.82, 2.24) is 15.3 Å². The summed E-state index contributed by atoms with van der Waals surface area (Å²) < 4.78 is 5.28. The van der Waals surface area contributed by atoms with Gasteiger partial charge in [-0.05, 0) is 50.6 Å². The van der Waals surface area contributed by atoms with Gasteiger partial charge in [0.25, 0.3) is 0 Å². The molecule has 1 amide bonds. The molecule has 1 aromatic carbocycles. The number of amides is 1. The number of Topliss-reactive ketones (excluding diaryl/α,β-unsaturated/α-hetero) is 1. The number of carbonyl (C=O) groups excluding carboxylic acids is 2. The third kappa shape index (κ3) is 4.12. The molecule has 1 unspecified atom stereocenters. The number of anilines is 2. The summed E-state index contributed by atoms with van der Waals surface area (Å²) in [5.41, 5.74) is 1.58. The lowest BCUT2D eigenvalue weighted by atomic mass is 10.1. The molecule has 0 bridgehead atoms. The van der Waals surface area contributed by atoms with Crippen LogP contribution in [0.5, 0.6) is 0 Å². The number of aromatic nitrogens is 2. The Morgan fingerprint density at radius 2 is 2.08 bits per heavy atom. The Bertz CT molecular complexity index is 800. The quantitative estimate of drug-likeness (QED) is 0.890. The molecule has 0 fully saturated rings. The maximum Gasteiger partial charge on any atom is 0.408 e. The lowest BCUT2D eigenvalue weighted by Gasteiger charge is -2.22. The molecule has 7 nitrogen and oxygen atoms in total. The summed E-state index contributed by atoms with van der Waals surface area (Å²) in [5, 5.41) is 5.93. The van der Waals surface area contributed by atoms with E-state index in [1.54, 1.807) is 39.1 Å². The topological polar surface area (TPSA) is 93.2 Å². The van der Waals surface area contributed by atoms with E-state index in [0.717, 1.165) is 11.3 Å². The van der Waals surface area contributed by atoms with Crippen molar-refractivity contribution >= 4 is 23.4 Å². The van der Waals surface area contributed by atoms with Crippen molar-refractivity contribution in [2.75, 3.05) is 5.32 Å². The Morgan fingerprint density at radius 1 is 1.28 bits per heavy atom. The lowest BCUT2D eigenvalue weighted by molar-refractivity contribution is 0.0504. The number of alkyl carbamates (subject to hydrolysis) is 1. The molecule has 1 aromatic heterocycles. The van der Waals surface area contributed by atoms with E-state index in [9.17, 15) is 9.59 Å². The van der Waals surface area contributed by atoms with Gasteiger partial charge in [-0.2, -0.15) is 0 Å². The summed E-state index contributed by atoms with van der Waals surface area (Å²) in [6.45, 7) is 5.39. The number of ketones is 1. The molecule has 0 saturated carbocycles. The first kappa shape index (κ1) is 16.9. The third-order valence-corrected chi connectivity index (χ3v) is 3.66. The highest BCUT2D eigenvalue weighted by Crippen LogP contribution is 2.34. The fourth-order valence-electron chi connectivity index (χ4n) is 2.68. The monoisotopic (exact) mass is 340 g/mol. The van der Waals surface area contributed by atoms with Gasteiger partial charge in [0.2, 0.25) is 0 Å². The predicted molar refractivity (Wildman–Crippen MR) is 92.8 cm³/mol. The second kappa shape index (κ2) is 6.51. The average Bonchev–Trinajstić information content (AvgIpc) is 2.82. The fourth-order valence-corrected chi connectivity index (χ4v) is 2.68. The van der Waals surface area contributed by atoms with Gasteiger partial charge in [0.05, 0.1) is 6.04 Å². The van der Waals surface area contributed by atoms with Crippen LogP contribution in [0.2, 0.25) is 0 Å². The molecule has 1 heterocycles. The van der Waals surface area contributed by atoms with Crippen molar-refractivity contribution in [3.05, 3.63) is 47.9 Å². The first-order chi connectivity index (χ1) is 11.8. The summed E-state index contributed by atoms with van der Waals surface area (Å²) in [6.07, 6.45) is 2.78. The molecule has 3 rings (SSSR count). The number of fused-ring (bicyclic) bond motifs is 1. The molecule has 2 N–H and O–H groups in total. The van der Waals surface area contributed by atoms with Crippen LogP contribution >= 0.6 is 0 Å². The van der Waals surface area contributed by atoms with Gasteiger partial charge in [-0.3, -0.25) is 4.79 Å². The van der Waals surface area contributed by atoms with E-state index in [1.807, 2.05) is 12.1 Å². The van der Waals surface area contributed by atoms with E-state index >= 15 is 0 Å². The molecule has 7 heteroatoms. The first-order valence-corrected chi connectivity index (χ1v) is 8.01. The van der Waals surface area contributed by atoms with Crippen LogP contribution in [-0.2, 0) is 4.74 Å². The Labute approximate surface area is 145 Å². The zero-order valence-electron chi connectivity index (χ0n) is 14.4. The molecule has 1 aliphatic carbocycles. The van der Waals surface area contributed by atoms with Gasteiger partial charge >= 0.3 is 6.09 Å². The molecule has 0 aliphatic heterocycles. The van der Waals surface area contributed by atoms with Gasteiger partial charge in [0, 0.05) is 23.9 Å². The maximum absolute atomic E-state index is 12.2. The van der Waals surface area contributed by atoms with Gasteiger partial charge in [-0.25, -0.2) is 14.8 Å². The minimum absolute atomic E-state index is 0.00430. The Hall–Kier alpha value is -2.96. The van der Waals surface area contributed by atoms with Crippen LogP contribution in [0.25, 0.3) is 0 Å². The highest BCUT2D eigenvalue weighted by molar-refractivity contribution is 6.02. The van der Waals surface area contributed by atoms with E-state index in [-0.39, 0.29) is 12.2 Å². The zero-order chi connectivity index (χ0) is 18.0. The van der Waals surface area contributed by atoms with Crippen LogP contribution < -0.4 is 10.6 Å². The van der Waals surface area contributed by atoms with E-state index in [2.05, 4.69) is 20.6 Å². The van der Waals surface area contributed by atoms with Crippen LogP contribution in [-0.4, -0.2) is 27.4 Å². The molecule has 0 saturated heterocycles. The fraction of sp³-hybridized carbons (Fsp3) is 0.333. The van der Waals surface area contributed by atoms with Crippen LogP contribution in [0.15, 0.2) is 36.8 Å². The number of nitrogens with one attached hydrogen (secondary N) is 2. The second-order valence-corrected chi connectivity index (χ2v) is 6.85. The first-order valence-electron chi connectivity index (χ1n) is 8.01. The van der Waals surface area contributed by atoms with Crippen molar-refractivity contribution in [3.63, 3.8) is 0 Å². The SMILES string of the molecule is CC(C)(C)OC(=O)NC1CC(=O)c2ccc(Nc3ccncn3)cc21. The molecule has 2 aromatic rings. The number of benzene rings is 1. The standard InChI is InChI=1S/C18H20N4O3/c1-18(2,3)25-17(24)22-14-9-15(23)12-5-4-11(8-13(12)14)21-16-6-7-19-10-20-16/h4-8,10,14H,9H2,1-3H3,(H,22,24)(H,19,20,21). The van der Waals surface area contributed by atoms with Gasteiger partial charge in [-0.1, -0.05) is 0 Å². The summed E-state index contributed by atoms with van der Waals surface area (Å²) in [4.78, 5) is 32.2. The maximum atomic E-state index is 12.2. The highest BCUT2D eigenvalue weighted by atomic mass is 16.6. The molecular formula is C18H20N4O3. The molecule has 1 atom stereocenters. The second-order valence-electron chi connectivity index (χ2n) is 6.85. The number of carbonyl (C=O) groups is 2. The molecule has 0 spiro atoms. The van der Waals surface area contributed by atoms with Gasteiger partial charge in [0.1, 0.15) is 17.7 Å². The van der Waals surface area contributed by atoms with E-state index < -0.39 is 17.7 Å². The number of hydrogen-bond acceptors (Lipinski definition) is 6. The Kier molecular flexibility index (Phi) is 4.39. The van der Waals surface area contributed by atoms with Crippen LogP contribution in [0.1, 0.15) is 49.2 Å². The van der Waals surface area contributed by atoms with Gasteiger partial charge in [-0.15, -0.1) is 0 Å². The summed E-state index contributed by atoms with van der Waals surface area (Å²) in [5.74, 6) is 0.653. The lowest BCUT2D eigenvalue weighted by Crippen LogP contribution is -2.34. The molecular weight excluding hydrogens is 320 g/mol. The van der Waals surface area contributed by atoms with Crippen molar-refractivity contribution in [2.24, 2.45) is 0 Å². The van der Waals surface area contributed by atoms with E-state index in [4.69, 9.17) is 4.74 Å². The number of rotatable bonds is 3. The Balaban J connectivity index is 1.79. The van der Waals surface area contributed by atoms with Crippen LogP contribution in [0.4, 0.5) is 16.3 Å². The molecule has 0 radical (unpaired) electrons. The minimum Gasteiger partial charge on any atom is -0.444 e. The van der Waals surface area contributed by atoms with Gasteiger partial charge < -0.3 is 15.4 Å².